The van der Waals surface area contributed by atoms with Crippen LogP contribution in [0.15, 0.2) is 53.6 Å². The number of nitrogens with zero attached hydrogens (tertiary/aromatic N) is 2. The highest BCUT2D eigenvalue weighted by molar-refractivity contribution is 6.00. The van der Waals surface area contributed by atoms with Gasteiger partial charge in [0, 0.05) is 11.6 Å². The van der Waals surface area contributed by atoms with Gasteiger partial charge in [-0.05, 0) is 24.5 Å². The van der Waals surface area contributed by atoms with Crippen molar-refractivity contribution >= 4 is 22.1 Å². The topological polar surface area (TPSA) is 75.7 Å². The van der Waals surface area contributed by atoms with Crippen LogP contribution in [0.5, 0.6) is 0 Å². The molecule has 1 saturated carbocycles. The van der Waals surface area contributed by atoms with Gasteiger partial charge in [-0.3, -0.25) is 4.57 Å². The molecule has 5 rings (SSSR count). The third-order valence-corrected chi connectivity index (χ3v) is 5.57. The number of pyridine rings is 1. The Morgan fingerprint density at radius 1 is 1.15 bits per heavy atom. The van der Waals surface area contributed by atoms with Gasteiger partial charge in [0.25, 0.3) is 0 Å². The van der Waals surface area contributed by atoms with E-state index in [0.717, 1.165) is 53.3 Å². The zero-order chi connectivity index (χ0) is 18.2. The van der Waals surface area contributed by atoms with Crippen LogP contribution < -0.4 is 5.69 Å². The number of imidazole rings is 1. The second kappa shape index (κ2) is 6.70. The summed E-state index contributed by atoms with van der Waals surface area (Å²) in [6.45, 7) is 0.570. The van der Waals surface area contributed by atoms with Gasteiger partial charge in [-0.2, -0.15) is 0 Å². The van der Waals surface area contributed by atoms with E-state index in [9.17, 15) is 4.79 Å². The smallest absolute Gasteiger partial charge is 0.326 e. The Balaban J connectivity index is 1.54. The summed E-state index contributed by atoms with van der Waals surface area (Å²) < 4.78 is 8.21. The van der Waals surface area contributed by atoms with E-state index >= 15 is 0 Å². The molecule has 27 heavy (non-hydrogen) atoms. The van der Waals surface area contributed by atoms with Crippen molar-refractivity contribution in [3.8, 4) is 0 Å². The first-order valence-corrected chi connectivity index (χ1v) is 9.53. The minimum atomic E-state index is -0.0827. The van der Waals surface area contributed by atoms with Crippen molar-refractivity contribution < 1.29 is 4.74 Å². The van der Waals surface area contributed by atoms with E-state index in [1.807, 2.05) is 35.0 Å². The Hall–Kier alpha value is -2.86. The molecule has 6 nitrogen and oxygen atoms in total. The van der Waals surface area contributed by atoms with Gasteiger partial charge in [0.1, 0.15) is 5.65 Å². The lowest BCUT2D eigenvalue weighted by Crippen LogP contribution is -2.35. The van der Waals surface area contributed by atoms with Crippen LogP contribution in [0.3, 0.4) is 0 Å². The van der Waals surface area contributed by atoms with Gasteiger partial charge in [-0.25, -0.2) is 9.78 Å². The van der Waals surface area contributed by atoms with Gasteiger partial charge < -0.3 is 14.7 Å². The van der Waals surface area contributed by atoms with Crippen molar-refractivity contribution in [1.29, 1.82) is 0 Å². The van der Waals surface area contributed by atoms with Crippen LogP contribution in [0.1, 0.15) is 37.3 Å². The Morgan fingerprint density at radius 3 is 2.89 bits per heavy atom. The van der Waals surface area contributed by atoms with Crippen LogP contribution in [0.25, 0.3) is 22.1 Å². The van der Waals surface area contributed by atoms with Crippen LogP contribution >= 0.6 is 0 Å². The molecule has 0 saturated heterocycles. The van der Waals surface area contributed by atoms with Gasteiger partial charge in [0.05, 0.1) is 36.0 Å². The molecule has 0 radical (unpaired) electrons. The summed E-state index contributed by atoms with van der Waals surface area (Å²) in [5, 5.41) is 0.971. The van der Waals surface area contributed by atoms with Gasteiger partial charge >= 0.3 is 5.69 Å². The molecule has 1 fully saturated rings. The van der Waals surface area contributed by atoms with E-state index in [1.165, 1.54) is 0 Å². The first-order chi connectivity index (χ1) is 13.3. The normalized spacial score (nSPS) is 20.4. The number of nitrogens with one attached hydrogen (secondary N) is 2. The van der Waals surface area contributed by atoms with Gasteiger partial charge in [0.15, 0.2) is 0 Å². The molecule has 3 heterocycles. The van der Waals surface area contributed by atoms with Crippen LogP contribution in [-0.4, -0.2) is 25.6 Å². The van der Waals surface area contributed by atoms with Crippen molar-refractivity contribution in [2.75, 3.05) is 0 Å². The maximum Gasteiger partial charge on any atom is 0.326 e. The number of hydrogen-bond donors (Lipinski definition) is 2. The fourth-order valence-corrected chi connectivity index (χ4v) is 4.28. The largest absolute Gasteiger partial charge is 0.371 e. The molecule has 138 valence electrons. The highest BCUT2D eigenvalue weighted by Crippen LogP contribution is 2.34. The van der Waals surface area contributed by atoms with Crippen LogP contribution in [0.4, 0.5) is 0 Å². The second-order valence-corrected chi connectivity index (χ2v) is 7.25. The summed E-state index contributed by atoms with van der Waals surface area (Å²) in [6.07, 6.45) is 7.78. The van der Waals surface area contributed by atoms with Gasteiger partial charge in [-0.1, -0.05) is 43.2 Å². The molecule has 1 aliphatic rings. The third kappa shape index (κ3) is 2.86. The fraction of sp³-hybridized carbons (Fsp3) is 0.333. The number of rotatable bonds is 4. The van der Waals surface area contributed by atoms with Gasteiger partial charge in [-0.15, -0.1) is 0 Å². The number of aromatic amines is 2. The average Bonchev–Trinajstić information content (AvgIpc) is 3.30. The molecule has 0 amide bonds. The van der Waals surface area contributed by atoms with Crippen LogP contribution in [0.2, 0.25) is 0 Å². The molecule has 0 spiro atoms. The first-order valence-electron chi connectivity index (χ1n) is 9.53. The standard InChI is InChI=1S/C21H22N4O2/c26-21-24-16-12-23-20-15(10-11-22-20)19(16)25(21)17-8-4-5-9-18(17)27-13-14-6-2-1-3-7-14/h1-3,6-7,10-12,17-18H,4-5,8-9,13H2,(H,22,23)(H,24,26)/t17-,18-/m0/s1. The Morgan fingerprint density at radius 2 is 2.00 bits per heavy atom. The predicted molar refractivity (Wildman–Crippen MR) is 105 cm³/mol. The summed E-state index contributed by atoms with van der Waals surface area (Å²) >= 11 is 0. The molecule has 2 N–H and O–H groups in total. The molecular formula is C21H22N4O2. The molecule has 2 atom stereocenters. The molecule has 4 aromatic rings. The van der Waals surface area contributed by atoms with E-state index in [-0.39, 0.29) is 17.8 Å². The minimum absolute atomic E-state index is 0.0258. The summed E-state index contributed by atoms with van der Waals surface area (Å²) in [5.74, 6) is 0. The molecule has 6 heteroatoms. The maximum absolute atomic E-state index is 12.8. The average molecular weight is 362 g/mol. The Kier molecular flexibility index (Phi) is 4.05. The van der Waals surface area contributed by atoms with Crippen molar-refractivity contribution in [3.05, 3.63) is 64.8 Å². The van der Waals surface area contributed by atoms with Crippen molar-refractivity contribution in [1.82, 2.24) is 19.5 Å². The Bertz CT molecular complexity index is 1130. The third-order valence-electron chi connectivity index (χ3n) is 5.57. The molecule has 0 aliphatic heterocycles. The van der Waals surface area contributed by atoms with E-state index < -0.39 is 0 Å². The number of aromatic nitrogens is 4. The van der Waals surface area contributed by atoms with Gasteiger partial charge in [0.2, 0.25) is 0 Å². The lowest BCUT2D eigenvalue weighted by atomic mass is 9.92. The van der Waals surface area contributed by atoms with Crippen LogP contribution in [0, 0.1) is 0 Å². The summed E-state index contributed by atoms with van der Waals surface area (Å²) in [4.78, 5) is 23.3. The molecule has 0 unspecified atom stereocenters. The Labute approximate surface area is 156 Å². The fourth-order valence-electron chi connectivity index (χ4n) is 4.28. The number of H-pyrrole nitrogens is 2. The summed E-state index contributed by atoms with van der Waals surface area (Å²) in [5.41, 5.74) is 3.57. The number of fused-ring (bicyclic) bond motifs is 3. The SMILES string of the molecule is O=c1[nH]c2cnc3[nH]ccc3c2n1[C@H]1CCCC[C@@H]1OCc1ccccc1. The van der Waals surface area contributed by atoms with E-state index in [4.69, 9.17) is 4.74 Å². The zero-order valence-corrected chi connectivity index (χ0v) is 15.0. The number of benzene rings is 1. The van der Waals surface area contributed by atoms with E-state index in [0.29, 0.717) is 6.61 Å². The monoisotopic (exact) mass is 362 g/mol. The summed E-state index contributed by atoms with van der Waals surface area (Å²) in [6, 6.07) is 12.2. The highest BCUT2D eigenvalue weighted by Gasteiger charge is 2.30. The highest BCUT2D eigenvalue weighted by atomic mass is 16.5. The molecular weight excluding hydrogens is 340 g/mol. The second-order valence-electron chi connectivity index (χ2n) is 7.25. The molecule has 3 aromatic heterocycles. The van der Waals surface area contributed by atoms with E-state index in [2.05, 4.69) is 27.1 Å². The lowest BCUT2D eigenvalue weighted by Gasteiger charge is -2.32. The van der Waals surface area contributed by atoms with Crippen molar-refractivity contribution in [2.24, 2.45) is 0 Å². The molecule has 1 aliphatic carbocycles. The maximum atomic E-state index is 12.8. The van der Waals surface area contributed by atoms with Crippen molar-refractivity contribution in [3.63, 3.8) is 0 Å². The first kappa shape index (κ1) is 16.3. The number of hydrogen-bond acceptors (Lipinski definition) is 3. The number of ether oxygens (including phenoxy) is 1. The molecule has 0 bridgehead atoms. The van der Waals surface area contributed by atoms with E-state index in [1.54, 1.807) is 6.20 Å². The molecule has 1 aromatic carbocycles. The van der Waals surface area contributed by atoms with Crippen LogP contribution in [-0.2, 0) is 11.3 Å². The lowest BCUT2D eigenvalue weighted by molar-refractivity contribution is -0.0159. The quantitative estimate of drug-likeness (QED) is 0.578. The zero-order valence-electron chi connectivity index (χ0n) is 15.0. The summed E-state index contributed by atoms with van der Waals surface area (Å²) in [7, 11) is 0. The minimum Gasteiger partial charge on any atom is -0.371 e. The predicted octanol–water partition coefficient (Wildman–Crippen LogP) is 3.91. The van der Waals surface area contributed by atoms with Crippen molar-refractivity contribution in [2.45, 2.75) is 44.4 Å².